The number of benzene rings is 9. The van der Waals surface area contributed by atoms with Crippen LogP contribution in [0.4, 0.5) is 0 Å². The molecule has 48 heavy (non-hydrogen) atoms. The number of fused-ring (bicyclic) bond motifs is 9. The van der Waals surface area contributed by atoms with Crippen LogP contribution in [0.5, 0.6) is 0 Å². The van der Waals surface area contributed by atoms with E-state index in [1.54, 1.807) is 0 Å². The normalized spacial score (nSPS) is 11.1. The molecule has 0 N–H and O–H groups in total. The van der Waals surface area contributed by atoms with Crippen molar-refractivity contribution in [2.24, 2.45) is 0 Å². The fourth-order valence-corrected chi connectivity index (χ4v) is 7.28. The standard InChI is InChI=1S/3C16H14/c1-11-6-5-9-14-12(2)10-13-7-3-4-8-15(13)16(11)14;1-11-6-7-13-8-9-14-12(2)4-3-5-15(14)16(13)10-11;1-11-7-8-13-10-12(2)14-5-3-4-6-15(14)16(13)9-11/h3*3-10H,1-2H3. The van der Waals surface area contributed by atoms with Crippen molar-refractivity contribution in [3.05, 3.63) is 179 Å². The molecular weight excluding hydrogens is 577 g/mol. The van der Waals surface area contributed by atoms with Crippen molar-refractivity contribution >= 4 is 64.6 Å². The summed E-state index contributed by atoms with van der Waals surface area (Å²) in [5, 5.41) is 16.3. The van der Waals surface area contributed by atoms with Gasteiger partial charge in [0, 0.05) is 0 Å². The number of hydrogen-bond donors (Lipinski definition) is 0. The molecule has 0 saturated carbocycles. The third kappa shape index (κ3) is 5.91. The summed E-state index contributed by atoms with van der Waals surface area (Å²) in [7, 11) is 0. The third-order valence-corrected chi connectivity index (χ3v) is 9.78. The van der Waals surface area contributed by atoms with Crippen LogP contribution in [-0.4, -0.2) is 0 Å². The van der Waals surface area contributed by atoms with Crippen molar-refractivity contribution in [3.63, 3.8) is 0 Å². The van der Waals surface area contributed by atoms with E-state index in [4.69, 9.17) is 0 Å². The summed E-state index contributed by atoms with van der Waals surface area (Å²) in [5.41, 5.74) is 8.06. The average molecular weight is 619 g/mol. The summed E-state index contributed by atoms with van der Waals surface area (Å²) in [6.07, 6.45) is 0. The van der Waals surface area contributed by atoms with E-state index in [-0.39, 0.29) is 0 Å². The monoisotopic (exact) mass is 618 g/mol. The van der Waals surface area contributed by atoms with Crippen LogP contribution in [0, 0.1) is 41.5 Å². The molecule has 0 bridgehead atoms. The number of rotatable bonds is 0. The zero-order valence-electron chi connectivity index (χ0n) is 28.9. The van der Waals surface area contributed by atoms with Crippen molar-refractivity contribution in [1.82, 2.24) is 0 Å². The van der Waals surface area contributed by atoms with E-state index < -0.39 is 0 Å². The molecule has 0 aliphatic rings. The molecule has 0 aliphatic carbocycles. The minimum Gasteiger partial charge on any atom is -0.0616 e. The zero-order valence-corrected chi connectivity index (χ0v) is 28.9. The number of aryl methyl sites for hydroxylation is 6. The molecule has 0 radical (unpaired) electrons. The predicted molar refractivity (Wildman–Crippen MR) is 213 cm³/mol. The molecule has 0 aliphatic heterocycles. The Morgan fingerprint density at radius 3 is 1.42 bits per heavy atom. The summed E-state index contributed by atoms with van der Waals surface area (Å²) >= 11 is 0. The first-order chi connectivity index (χ1) is 23.3. The summed E-state index contributed by atoms with van der Waals surface area (Å²) in [5.74, 6) is 0. The van der Waals surface area contributed by atoms with Crippen LogP contribution in [0.25, 0.3) is 64.6 Å². The maximum absolute atomic E-state index is 2.27. The van der Waals surface area contributed by atoms with Gasteiger partial charge in [0.1, 0.15) is 0 Å². The van der Waals surface area contributed by atoms with E-state index in [0.717, 1.165) is 0 Å². The smallest absolute Gasteiger partial charge is 0.00735 e. The van der Waals surface area contributed by atoms with Crippen LogP contribution in [0.15, 0.2) is 146 Å². The van der Waals surface area contributed by atoms with Crippen molar-refractivity contribution in [1.29, 1.82) is 0 Å². The van der Waals surface area contributed by atoms with Crippen LogP contribution in [0.2, 0.25) is 0 Å². The summed E-state index contributed by atoms with van der Waals surface area (Å²) < 4.78 is 0. The van der Waals surface area contributed by atoms with Crippen molar-refractivity contribution < 1.29 is 0 Å². The Bertz CT molecular complexity index is 2580. The maximum atomic E-state index is 2.27. The lowest BCUT2D eigenvalue weighted by Gasteiger charge is -2.09. The van der Waals surface area contributed by atoms with Crippen molar-refractivity contribution in [2.75, 3.05) is 0 Å². The van der Waals surface area contributed by atoms with Crippen LogP contribution in [-0.2, 0) is 0 Å². The molecule has 0 nitrogen and oxygen atoms in total. The zero-order chi connectivity index (χ0) is 33.4. The third-order valence-electron chi connectivity index (χ3n) is 9.78. The SMILES string of the molecule is Cc1cc2ccccc2c2c(C)cccc12.Cc1ccc2cc(C)c3ccccc3c2c1.Cc1ccc2ccc3c(C)cccc3c2c1. The van der Waals surface area contributed by atoms with E-state index in [1.165, 1.54) is 98.0 Å². The van der Waals surface area contributed by atoms with Crippen LogP contribution in [0.3, 0.4) is 0 Å². The minimum absolute atomic E-state index is 1.32. The molecule has 234 valence electrons. The van der Waals surface area contributed by atoms with Gasteiger partial charge in [0.15, 0.2) is 0 Å². The highest BCUT2D eigenvalue weighted by atomic mass is 14.1. The molecule has 0 unspecified atom stereocenters. The van der Waals surface area contributed by atoms with E-state index in [9.17, 15) is 0 Å². The van der Waals surface area contributed by atoms with Crippen LogP contribution < -0.4 is 0 Å². The molecule has 9 aromatic rings. The second-order valence-corrected chi connectivity index (χ2v) is 13.3. The highest BCUT2D eigenvalue weighted by Crippen LogP contribution is 2.31. The van der Waals surface area contributed by atoms with Gasteiger partial charge in [-0.1, -0.05) is 157 Å². The first kappa shape index (κ1) is 31.2. The Hall–Kier alpha value is -5.46. The van der Waals surface area contributed by atoms with Gasteiger partial charge in [-0.3, -0.25) is 0 Å². The highest BCUT2D eigenvalue weighted by molar-refractivity contribution is 6.11. The topological polar surface area (TPSA) is 0 Å². The van der Waals surface area contributed by atoms with Gasteiger partial charge in [0.25, 0.3) is 0 Å². The maximum Gasteiger partial charge on any atom is -0.00735 e. The molecule has 9 rings (SSSR count). The quantitative estimate of drug-likeness (QED) is 0.148. The minimum atomic E-state index is 1.32. The van der Waals surface area contributed by atoms with Gasteiger partial charge in [0.05, 0.1) is 0 Å². The fourth-order valence-electron chi connectivity index (χ4n) is 7.28. The summed E-state index contributed by atoms with van der Waals surface area (Å²) in [6.45, 7) is 13.0. The molecule has 0 atom stereocenters. The molecule has 0 saturated heterocycles. The lowest BCUT2D eigenvalue weighted by molar-refractivity contribution is 1.50. The highest BCUT2D eigenvalue weighted by Gasteiger charge is 2.06. The fraction of sp³-hybridized carbons (Fsp3) is 0.125. The predicted octanol–water partition coefficient (Wildman–Crippen LogP) is 13.8. The second kappa shape index (κ2) is 13.0. The van der Waals surface area contributed by atoms with Gasteiger partial charge in [-0.25, -0.2) is 0 Å². The number of hydrogen-bond acceptors (Lipinski definition) is 0. The average Bonchev–Trinajstić information content (AvgIpc) is 3.10. The first-order valence-corrected chi connectivity index (χ1v) is 16.9. The first-order valence-electron chi connectivity index (χ1n) is 16.9. The molecular formula is C48H42. The Labute approximate surface area is 284 Å². The lowest BCUT2D eigenvalue weighted by atomic mass is 9.95. The summed E-state index contributed by atoms with van der Waals surface area (Å²) in [4.78, 5) is 0. The molecule has 0 spiro atoms. The Kier molecular flexibility index (Phi) is 8.42. The Morgan fingerprint density at radius 1 is 0.250 bits per heavy atom. The van der Waals surface area contributed by atoms with E-state index in [0.29, 0.717) is 0 Å². The van der Waals surface area contributed by atoms with E-state index in [1.807, 2.05) is 0 Å². The van der Waals surface area contributed by atoms with Gasteiger partial charge in [-0.2, -0.15) is 0 Å². The Morgan fingerprint density at radius 2 is 0.708 bits per heavy atom. The van der Waals surface area contributed by atoms with Gasteiger partial charge < -0.3 is 0 Å². The van der Waals surface area contributed by atoms with Crippen LogP contribution in [0.1, 0.15) is 33.4 Å². The molecule has 0 heteroatoms. The van der Waals surface area contributed by atoms with Gasteiger partial charge in [-0.05, 0) is 128 Å². The van der Waals surface area contributed by atoms with Gasteiger partial charge in [-0.15, -0.1) is 0 Å². The molecule has 9 aromatic carbocycles. The second-order valence-electron chi connectivity index (χ2n) is 13.3. The Balaban J connectivity index is 0.000000114. The van der Waals surface area contributed by atoms with E-state index >= 15 is 0 Å². The summed E-state index contributed by atoms with van der Waals surface area (Å²) in [6, 6.07) is 52.6. The lowest BCUT2D eigenvalue weighted by Crippen LogP contribution is -1.84. The molecule has 0 amide bonds. The molecule has 0 aromatic heterocycles. The largest absolute Gasteiger partial charge is 0.0616 e. The van der Waals surface area contributed by atoms with Crippen LogP contribution >= 0.6 is 0 Å². The van der Waals surface area contributed by atoms with Gasteiger partial charge in [0.2, 0.25) is 0 Å². The van der Waals surface area contributed by atoms with Crippen molar-refractivity contribution in [2.45, 2.75) is 41.5 Å². The molecule has 0 heterocycles. The van der Waals surface area contributed by atoms with Crippen molar-refractivity contribution in [3.8, 4) is 0 Å². The van der Waals surface area contributed by atoms with Gasteiger partial charge >= 0.3 is 0 Å². The van der Waals surface area contributed by atoms with E-state index in [2.05, 4.69) is 187 Å². The molecule has 0 fully saturated rings.